The predicted molar refractivity (Wildman–Crippen MR) is 161 cm³/mol. The van der Waals surface area contributed by atoms with Crippen LogP contribution in [0.2, 0.25) is 0 Å². The number of Topliss-reactive ketones (excluding diaryl/α,β-unsaturated/α-hetero) is 1. The third-order valence-electron chi connectivity index (χ3n) is 8.98. The molecule has 43 heavy (non-hydrogen) atoms. The monoisotopic (exact) mass is 577 g/mol. The van der Waals surface area contributed by atoms with E-state index in [0.29, 0.717) is 34.4 Å². The molecule has 1 aliphatic heterocycles. The van der Waals surface area contributed by atoms with Gasteiger partial charge in [0.1, 0.15) is 0 Å². The molecule has 218 valence electrons. The van der Waals surface area contributed by atoms with Crippen LogP contribution in [0.25, 0.3) is 12.2 Å². The van der Waals surface area contributed by atoms with Gasteiger partial charge in [-0.25, -0.2) is 0 Å². The first kappa shape index (κ1) is 28.2. The molecule has 2 aromatic rings. The van der Waals surface area contributed by atoms with E-state index in [1.165, 1.54) is 25.2 Å². The number of carbonyl (C=O) groups is 4. The number of carbonyl (C=O) groups excluding carboxylic acids is 4. The summed E-state index contributed by atoms with van der Waals surface area (Å²) >= 11 is 0. The average Bonchev–Trinajstić information content (AvgIpc) is 3.27. The molecule has 4 unspecified atom stereocenters. The lowest BCUT2D eigenvalue weighted by molar-refractivity contribution is -0.123. The van der Waals surface area contributed by atoms with Gasteiger partial charge in [-0.1, -0.05) is 48.6 Å². The third kappa shape index (κ3) is 4.45. The van der Waals surface area contributed by atoms with Crippen molar-refractivity contribution in [2.45, 2.75) is 19.8 Å². The van der Waals surface area contributed by atoms with Gasteiger partial charge >= 0.3 is 0 Å². The highest BCUT2D eigenvalue weighted by molar-refractivity contribution is 6.24. The Balaban J connectivity index is 1.42. The van der Waals surface area contributed by atoms with E-state index in [2.05, 4.69) is 6.58 Å². The molecule has 6 rings (SSSR count). The van der Waals surface area contributed by atoms with Crippen LogP contribution in [0.5, 0.6) is 17.2 Å². The molecule has 4 atom stereocenters. The number of hydrogen-bond acceptors (Lipinski definition) is 7. The molecule has 1 fully saturated rings. The van der Waals surface area contributed by atoms with Gasteiger partial charge in [-0.3, -0.25) is 24.1 Å². The average molecular weight is 578 g/mol. The van der Waals surface area contributed by atoms with Gasteiger partial charge in [-0.2, -0.15) is 0 Å². The number of fused-ring (bicyclic) bond motifs is 3. The van der Waals surface area contributed by atoms with Crippen LogP contribution in [-0.2, 0) is 19.2 Å². The van der Waals surface area contributed by atoms with Crippen molar-refractivity contribution in [1.29, 1.82) is 0 Å². The molecule has 1 N–H and O–H groups in total. The molecule has 8 nitrogen and oxygen atoms in total. The summed E-state index contributed by atoms with van der Waals surface area (Å²) in [6, 6.07) is 10.4. The Morgan fingerprint density at radius 1 is 0.953 bits per heavy atom. The number of phenolic OH excluding ortho intramolecular Hbond substituents is 1. The van der Waals surface area contributed by atoms with E-state index < -0.39 is 23.7 Å². The summed E-state index contributed by atoms with van der Waals surface area (Å²) in [4.78, 5) is 55.7. The van der Waals surface area contributed by atoms with E-state index in [-0.39, 0.29) is 47.1 Å². The highest BCUT2D eigenvalue weighted by atomic mass is 16.5. The zero-order valence-electron chi connectivity index (χ0n) is 24.1. The second-order valence-electron chi connectivity index (χ2n) is 11.2. The van der Waals surface area contributed by atoms with Gasteiger partial charge in [0.2, 0.25) is 17.6 Å². The zero-order valence-corrected chi connectivity index (χ0v) is 24.1. The van der Waals surface area contributed by atoms with Crippen molar-refractivity contribution >= 4 is 41.2 Å². The molecule has 0 aromatic heterocycles. The number of anilines is 1. The molecule has 1 heterocycles. The van der Waals surface area contributed by atoms with Crippen molar-refractivity contribution in [2.24, 2.45) is 23.7 Å². The number of benzene rings is 2. The van der Waals surface area contributed by atoms with Crippen LogP contribution in [0.1, 0.15) is 30.9 Å². The number of amides is 2. The number of aromatic hydroxyl groups is 1. The number of imide groups is 1. The highest BCUT2D eigenvalue weighted by Crippen LogP contribution is 2.53. The van der Waals surface area contributed by atoms with Crippen LogP contribution in [0.15, 0.2) is 83.5 Å². The fraction of sp³-hybridized carbons (Fsp3) is 0.257. The molecule has 2 amide bonds. The van der Waals surface area contributed by atoms with Crippen molar-refractivity contribution < 1.29 is 33.8 Å². The zero-order chi connectivity index (χ0) is 30.6. The quantitative estimate of drug-likeness (QED) is 0.284. The number of nitrogens with zero attached hydrogens (tertiary/aromatic N) is 1. The van der Waals surface area contributed by atoms with E-state index in [9.17, 15) is 24.3 Å². The smallest absolute Gasteiger partial charge is 0.238 e. The lowest BCUT2D eigenvalue weighted by Gasteiger charge is -2.41. The first-order valence-corrected chi connectivity index (χ1v) is 14.1. The van der Waals surface area contributed by atoms with Crippen molar-refractivity contribution in [3.05, 3.63) is 94.6 Å². The van der Waals surface area contributed by atoms with E-state index in [1.54, 1.807) is 55.5 Å². The highest BCUT2D eigenvalue weighted by Gasteiger charge is 2.56. The summed E-state index contributed by atoms with van der Waals surface area (Å²) in [6.45, 7) is 5.39. The Hall–Kier alpha value is -4.98. The fourth-order valence-corrected chi connectivity index (χ4v) is 6.87. The summed E-state index contributed by atoms with van der Waals surface area (Å²) in [6.07, 6.45) is 9.23. The van der Waals surface area contributed by atoms with E-state index in [0.717, 1.165) is 11.1 Å². The molecule has 3 aliphatic carbocycles. The molecule has 1 saturated heterocycles. The standard InChI is InChI=1S/C35H31NO7/c1-5-19-6-9-21(10-7-19)36-34(40)24-13-12-22-23(11-8-20-15-28(42-3)33(39)29(16-20)43-4)30-26(17-25(22)31(24)35(36)41)27(37)14-18(2)32(30)38/h5-12,14-16,23-25,31,39H,1,13,17H2,2-4H3. The van der Waals surface area contributed by atoms with Gasteiger partial charge in [0.25, 0.3) is 0 Å². The summed E-state index contributed by atoms with van der Waals surface area (Å²) in [7, 11) is 2.87. The minimum Gasteiger partial charge on any atom is -0.502 e. The second kappa shape index (κ2) is 10.7. The normalized spacial score (nSPS) is 24.9. The predicted octanol–water partition coefficient (Wildman–Crippen LogP) is 5.23. The summed E-state index contributed by atoms with van der Waals surface area (Å²) in [5.74, 6) is -2.89. The Bertz CT molecular complexity index is 1700. The molecular weight excluding hydrogens is 546 g/mol. The molecule has 0 bridgehead atoms. The van der Waals surface area contributed by atoms with E-state index in [1.807, 2.05) is 12.2 Å². The Kier molecular flexibility index (Phi) is 7.00. The summed E-state index contributed by atoms with van der Waals surface area (Å²) < 4.78 is 10.6. The van der Waals surface area contributed by atoms with Crippen LogP contribution >= 0.6 is 0 Å². The molecule has 4 aliphatic rings. The van der Waals surface area contributed by atoms with Gasteiger partial charge in [0.15, 0.2) is 23.1 Å². The van der Waals surface area contributed by atoms with Crippen molar-refractivity contribution in [3.63, 3.8) is 0 Å². The van der Waals surface area contributed by atoms with Crippen molar-refractivity contribution in [3.8, 4) is 17.2 Å². The van der Waals surface area contributed by atoms with Gasteiger partial charge in [0, 0.05) is 22.6 Å². The van der Waals surface area contributed by atoms with Crippen LogP contribution in [0.3, 0.4) is 0 Å². The number of ketones is 2. The first-order chi connectivity index (χ1) is 20.7. The Morgan fingerprint density at radius 3 is 2.26 bits per heavy atom. The number of methoxy groups -OCH3 is 2. The lowest BCUT2D eigenvalue weighted by atomic mass is 9.60. The SMILES string of the molecule is C=Cc1ccc(N2C(=O)C3CC=C4C(C=Cc5cc(OC)c(O)c(OC)c5)C5=C(CC4C3C2=O)C(=O)C=C(C)C5=O)cc1. The fourth-order valence-electron chi connectivity index (χ4n) is 6.87. The maximum atomic E-state index is 14.0. The van der Waals surface area contributed by atoms with Crippen LogP contribution in [0, 0.1) is 23.7 Å². The lowest BCUT2D eigenvalue weighted by Crippen LogP contribution is -2.40. The maximum absolute atomic E-state index is 14.0. The number of phenols is 1. The first-order valence-electron chi connectivity index (χ1n) is 14.1. The number of hydrogen-bond donors (Lipinski definition) is 1. The topological polar surface area (TPSA) is 110 Å². The van der Waals surface area contributed by atoms with Gasteiger partial charge in [0.05, 0.1) is 31.7 Å². The van der Waals surface area contributed by atoms with Crippen LogP contribution < -0.4 is 14.4 Å². The van der Waals surface area contributed by atoms with Gasteiger partial charge < -0.3 is 14.6 Å². The van der Waals surface area contributed by atoms with E-state index >= 15 is 0 Å². The van der Waals surface area contributed by atoms with Crippen molar-refractivity contribution in [1.82, 2.24) is 0 Å². The van der Waals surface area contributed by atoms with E-state index in [4.69, 9.17) is 9.47 Å². The van der Waals surface area contributed by atoms with Crippen LogP contribution in [0.4, 0.5) is 5.69 Å². The Morgan fingerprint density at radius 2 is 1.63 bits per heavy atom. The minimum atomic E-state index is -0.653. The van der Waals surface area contributed by atoms with Crippen molar-refractivity contribution in [2.75, 3.05) is 19.1 Å². The molecular formula is C35H31NO7. The summed E-state index contributed by atoms with van der Waals surface area (Å²) in [5, 5.41) is 10.3. The van der Waals surface area contributed by atoms with Gasteiger partial charge in [-0.15, -0.1) is 0 Å². The van der Waals surface area contributed by atoms with Crippen LogP contribution in [-0.4, -0.2) is 42.7 Å². The third-order valence-corrected chi connectivity index (χ3v) is 8.98. The molecule has 0 spiro atoms. The molecule has 2 aromatic carbocycles. The molecule has 0 saturated carbocycles. The summed E-state index contributed by atoms with van der Waals surface area (Å²) in [5.41, 5.74) is 4.04. The molecule has 8 heteroatoms. The number of ether oxygens (including phenoxy) is 2. The maximum Gasteiger partial charge on any atom is 0.238 e. The second-order valence-corrected chi connectivity index (χ2v) is 11.2. The number of allylic oxidation sites excluding steroid dienone is 7. The number of rotatable bonds is 6. The Labute approximate surface area is 249 Å². The van der Waals surface area contributed by atoms with Gasteiger partial charge in [-0.05, 0) is 67.2 Å². The molecule has 0 radical (unpaired) electrons. The minimum absolute atomic E-state index is 0.132. The largest absolute Gasteiger partial charge is 0.502 e.